The molecule has 3 nitrogen and oxygen atoms in total. The second-order valence-corrected chi connectivity index (χ2v) is 8.45. The Morgan fingerprint density at radius 2 is 1.71 bits per heavy atom. The molecule has 0 spiro atoms. The fraction of sp³-hybridized carbons (Fsp3) is 0.158. The zero-order valence-corrected chi connectivity index (χ0v) is 15.1. The van der Waals surface area contributed by atoms with Crippen molar-refractivity contribution in [2.45, 2.75) is 17.8 Å². The van der Waals surface area contributed by atoms with Gasteiger partial charge >= 0.3 is 151 Å². The van der Waals surface area contributed by atoms with Gasteiger partial charge in [0.2, 0.25) is 0 Å². The van der Waals surface area contributed by atoms with E-state index in [0.717, 1.165) is 15.9 Å². The number of hydrogen-bond acceptors (Lipinski definition) is 3. The van der Waals surface area contributed by atoms with Crippen molar-refractivity contribution in [3.05, 3.63) is 70.3 Å². The van der Waals surface area contributed by atoms with Gasteiger partial charge < -0.3 is 0 Å². The fourth-order valence-corrected chi connectivity index (χ4v) is 4.97. The van der Waals surface area contributed by atoms with Crippen molar-refractivity contribution in [2.24, 2.45) is 0 Å². The van der Waals surface area contributed by atoms with Gasteiger partial charge in [-0.3, -0.25) is 0 Å². The molecule has 120 valence electrons. The molecule has 1 unspecified atom stereocenters. The van der Waals surface area contributed by atoms with Gasteiger partial charge in [0.1, 0.15) is 0 Å². The first-order valence-corrected chi connectivity index (χ1v) is 10.0. The number of halogens is 1. The molecule has 1 atom stereocenters. The zero-order chi connectivity index (χ0) is 16.7. The summed E-state index contributed by atoms with van der Waals surface area (Å²) >= 11 is 6.14. The number of ketones is 2. The monoisotopic (exact) mass is 404 g/mol. The summed E-state index contributed by atoms with van der Waals surface area (Å²) in [4.78, 5) is 24.6. The molecule has 0 radical (unpaired) electrons. The number of ether oxygens (including phenoxy) is 1. The molecule has 1 aliphatic carbocycles. The molecule has 4 rings (SSSR count). The van der Waals surface area contributed by atoms with Crippen molar-refractivity contribution in [2.75, 3.05) is 0 Å². The molecule has 0 fully saturated rings. The first kappa shape index (κ1) is 15.6. The first-order valence-electron chi connectivity index (χ1n) is 7.60. The standard InChI is InChI=1S/C19H13ClO3Se/c20-11-5-7-13(8-6-11)24-10-12-9-16-18(22)17(21)14-3-1-2-4-15(14)19(16)23-12/h1-8,12H,9-10H2. The predicted octanol–water partition coefficient (Wildman–Crippen LogP) is 3.05. The number of rotatable bonds is 3. The Morgan fingerprint density at radius 3 is 2.46 bits per heavy atom. The molecule has 0 N–H and O–H groups in total. The van der Waals surface area contributed by atoms with Crippen molar-refractivity contribution in [1.29, 1.82) is 0 Å². The molecule has 0 aromatic heterocycles. The van der Waals surface area contributed by atoms with E-state index in [1.54, 1.807) is 12.1 Å². The van der Waals surface area contributed by atoms with E-state index >= 15 is 0 Å². The molecule has 2 aliphatic rings. The molecule has 2 aromatic rings. The quantitative estimate of drug-likeness (QED) is 0.584. The summed E-state index contributed by atoms with van der Waals surface area (Å²) in [5.41, 5.74) is 1.74. The molecule has 1 aliphatic heterocycles. The maximum absolute atomic E-state index is 12.3. The van der Waals surface area contributed by atoms with Crippen LogP contribution in [0.1, 0.15) is 22.3 Å². The summed E-state index contributed by atoms with van der Waals surface area (Å²) in [5, 5.41) is 1.58. The van der Waals surface area contributed by atoms with Crippen molar-refractivity contribution in [3.8, 4) is 0 Å². The van der Waals surface area contributed by atoms with Crippen LogP contribution in [0.4, 0.5) is 0 Å². The van der Waals surface area contributed by atoms with Crippen molar-refractivity contribution in [3.63, 3.8) is 0 Å². The Balaban J connectivity index is 1.52. The number of fused-ring (bicyclic) bond motifs is 2. The third-order valence-electron chi connectivity index (χ3n) is 4.14. The van der Waals surface area contributed by atoms with Gasteiger partial charge in [-0.15, -0.1) is 0 Å². The third-order valence-corrected chi connectivity index (χ3v) is 6.79. The van der Waals surface area contributed by atoms with Crippen LogP contribution in [-0.4, -0.2) is 32.6 Å². The molecule has 0 saturated carbocycles. The van der Waals surface area contributed by atoms with Crippen LogP contribution in [-0.2, 0) is 9.53 Å². The van der Waals surface area contributed by atoms with Gasteiger partial charge in [0, 0.05) is 0 Å². The molecule has 1 heterocycles. The maximum atomic E-state index is 12.3. The van der Waals surface area contributed by atoms with Gasteiger partial charge in [-0.1, -0.05) is 0 Å². The summed E-state index contributed by atoms with van der Waals surface area (Å²) in [5.74, 6) is -0.228. The summed E-state index contributed by atoms with van der Waals surface area (Å²) < 4.78 is 7.29. The minimum atomic E-state index is -0.420. The van der Waals surface area contributed by atoms with E-state index in [9.17, 15) is 9.59 Å². The average molecular weight is 404 g/mol. The van der Waals surface area contributed by atoms with Crippen LogP contribution >= 0.6 is 11.6 Å². The molecule has 2 aromatic carbocycles. The minimum absolute atomic E-state index is 0.0476. The molecule has 5 heteroatoms. The number of carbonyl (C=O) groups is 2. The Bertz CT molecular complexity index is 870. The number of carbonyl (C=O) groups excluding carboxylic acids is 2. The summed E-state index contributed by atoms with van der Waals surface area (Å²) in [6.45, 7) is 0. The van der Waals surface area contributed by atoms with E-state index in [1.807, 2.05) is 36.4 Å². The SMILES string of the molecule is O=C1C(=O)c2ccccc2C2=C1CC(C[Se]c1ccc(Cl)cc1)O2. The van der Waals surface area contributed by atoms with Crippen molar-refractivity contribution >= 4 is 48.3 Å². The van der Waals surface area contributed by atoms with Crippen LogP contribution in [0.2, 0.25) is 10.3 Å². The summed E-state index contributed by atoms with van der Waals surface area (Å²) in [6, 6.07) is 15.0. The van der Waals surface area contributed by atoms with E-state index < -0.39 is 11.6 Å². The second kappa shape index (κ2) is 6.21. The molecule has 0 saturated heterocycles. The van der Waals surface area contributed by atoms with E-state index in [1.165, 1.54) is 4.46 Å². The van der Waals surface area contributed by atoms with Gasteiger partial charge in [0.05, 0.1) is 0 Å². The van der Waals surface area contributed by atoms with Crippen LogP contribution in [0.3, 0.4) is 0 Å². The first-order chi connectivity index (χ1) is 11.6. The number of hydrogen-bond donors (Lipinski definition) is 0. The summed E-state index contributed by atoms with van der Waals surface area (Å²) in [7, 11) is 0. The molecule has 0 amide bonds. The zero-order valence-electron chi connectivity index (χ0n) is 12.6. The van der Waals surface area contributed by atoms with Crippen molar-refractivity contribution < 1.29 is 14.3 Å². The Kier molecular flexibility index (Phi) is 4.05. The van der Waals surface area contributed by atoms with Crippen LogP contribution in [0.5, 0.6) is 0 Å². The van der Waals surface area contributed by atoms with Gasteiger partial charge in [-0.05, 0) is 0 Å². The number of Topliss-reactive ketones (excluding diaryl/α,β-unsaturated/α-hetero) is 2. The van der Waals surface area contributed by atoms with Crippen molar-refractivity contribution in [1.82, 2.24) is 0 Å². The Hall–Kier alpha value is -1.87. The Morgan fingerprint density at radius 1 is 1.00 bits per heavy atom. The topological polar surface area (TPSA) is 43.4 Å². The van der Waals surface area contributed by atoms with Gasteiger partial charge in [-0.25, -0.2) is 0 Å². The molecule has 0 bridgehead atoms. The van der Waals surface area contributed by atoms with E-state index in [-0.39, 0.29) is 21.1 Å². The Labute approximate surface area is 150 Å². The second-order valence-electron chi connectivity index (χ2n) is 5.72. The fourth-order valence-electron chi connectivity index (χ4n) is 2.97. The summed E-state index contributed by atoms with van der Waals surface area (Å²) in [6.07, 6.45) is 0.470. The average Bonchev–Trinajstić information content (AvgIpc) is 3.04. The normalized spacial score (nSPS) is 19.1. The van der Waals surface area contributed by atoms with Crippen LogP contribution in [0.15, 0.2) is 54.1 Å². The van der Waals surface area contributed by atoms with Gasteiger partial charge in [-0.2, -0.15) is 0 Å². The number of benzene rings is 2. The van der Waals surface area contributed by atoms with Crippen LogP contribution < -0.4 is 4.46 Å². The van der Waals surface area contributed by atoms with Gasteiger partial charge in [0.25, 0.3) is 0 Å². The van der Waals surface area contributed by atoms with Gasteiger partial charge in [0.15, 0.2) is 0 Å². The molecular weight excluding hydrogens is 391 g/mol. The van der Waals surface area contributed by atoms with E-state index in [0.29, 0.717) is 23.3 Å². The van der Waals surface area contributed by atoms with E-state index in [4.69, 9.17) is 16.3 Å². The van der Waals surface area contributed by atoms with Crippen LogP contribution in [0.25, 0.3) is 5.76 Å². The van der Waals surface area contributed by atoms with Crippen LogP contribution in [0, 0.1) is 0 Å². The van der Waals surface area contributed by atoms with E-state index in [2.05, 4.69) is 0 Å². The predicted molar refractivity (Wildman–Crippen MR) is 93.8 cm³/mol. The molecular formula is C19H13ClO3Se. The molecule has 24 heavy (non-hydrogen) atoms. The third kappa shape index (κ3) is 2.71.